The number of hydrogen-bond acceptors (Lipinski definition) is 4. The Morgan fingerprint density at radius 2 is 1.40 bits per heavy atom. The third-order valence-corrected chi connectivity index (χ3v) is 4.72. The van der Waals surface area contributed by atoms with Crippen LogP contribution < -0.4 is 0 Å². The van der Waals surface area contributed by atoms with Gasteiger partial charge >= 0.3 is 5.97 Å². The number of ether oxygens (including phenoxy) is 1. The van der Waals surface area contributed by atoms with Gasteiger partial charge < -0.3 is 9.64 Å². The first-order valence-corrected chi connectivity index (χ1v) is 9.61. The van der Waals surface area contributed by atoms with Crippen molar-refractivity contribution in [3.63, 3.8) is 0 Å². The highest BCUT2D eigenvalue weighted by Gasteiger charge is 2.20. The smallest absolute Gasteiger partial charge is 0.339 e. The lowest BCUT2D eigenvalue weighted by Gasteiger charge is -2.17. The highest BCUT2D eigenvalue weighted by molar-refractivity contribution is 6.14. The Morgan fingerprint density at radius 3 is 2.07 bits per heavy atom. The van der Waals surface area contributed by atoms with Gasteiger partial charge in [0.05, 0.1) is 5.56 Å². The van der Waals surface area contributed by atoms with Crippen molar-refractivity contribution in [2.24, 2.45) is 0 Å². The van der Waals surface area contributed by atoms with Crippen LogP contribution in [-0.2, 0) is 16.1 Å². The summed E-state index contributed by atoms with van der Waals surface area (Å²) in [5.41, 5.74) is 2.99. The maximum atomic E-state index is 12.8. The van der Waals surface area contributed by atoms with Crippen molar-refractivity contribution in [3.8, 4) is 0 Å². The minimum Gasteiger partial charge on any atom is -0.452 e. The molecule has 0 atom stereocenters. The van der Waals surface area contributed by atoms with Gasteiger partial charge in [-0.2, -0.15) is 0 Å². The number of hydrogen-bond donors (Lipinski definition) is 0. The molecule has 152 valence electrons. The van der Waals surface area contributed by atoms with Crippen LogP contribution in [0.1, 0.15) is 37.4 Å². The molecule has 3 rings (SSSR count). The molecule has 0 heterocycles. The van der Waals surface area contributed by atoms with E-state index in [0.717, 1.165) is 11.1 Å². The number of esters is 1. The maximum absolute atomic E-state index is 12.8. The fraction of sp³-hybridized carbons (Fsp3) is 0.160. The van der Waals surface area contributed by atoms with E-state index in [4.69, 9.17) is 4.74 Å². The van der Waals surface area contributed by atoms with Crippen LogP contribution >= 0.6 is 0 Å². The van der Waals surface area contributed by atoms with Crippen molar-refractivity contribution in [1.82, 2.24) is 4.90 Å². The molecular formula is C25H23NO4. The first-order chi connectivity index (χ1) is 14.5. The zero-order chi connectivity index (χ0) is 21.5. The maximum Gasteiger partial charge on any atom is 0.339 e. The van der Waals surface area contributed by atoms with Crippen molar-refractivity contribution in [3.05, 3.63) is 107 Å². The number of carbonyl (C=O) groups excluding carboxylic acids is 3. The second-order valence-corrected chi connectivity index (χ2v) is 7.05. The van der Waals surface area contributed by atoms with E-state index >= 15 is 0 Å². The van der Waals surface area contributed by atoms with Gasteiger partial charge in [-0.15, -0.1) is 0 Å². The Balaban J connectivity index is 1.64. The van der Waals surface area contributed by atoms with Crippen LogP contribution in [0.2, 0.25) is 0 Å². The summed E-state index contributed by atoms with van der Waals surface area (Å²) in [4.78, 5) is 39.2. The average Bonchev–Trinajstić information content (AvgIpc) is 2.78. The van der Waals surface area contributed by atoms with Crippen molar-refractivity contribution >= 4 is 17.7 Å². The molecule has 0 aliphatic rings. The van der Waals surface area contributed by atoms with Crippen molar-refractivity contribution < 1.29 is 19.1 Å². The van der Waals surface area contributed by atoms with Crippen LogP contribution in [0.25, 0.3) is 0 Å². The molecule has 5 heteroatoms. The molecular weight excluding hydrogens is 378 g/mol. The van der Waals surface area contributed by atoms with Crippen molar-refractivity contribution in [2.75, 3.05) is 13.7 Å². The van der Waals surface area contributed by atoms with Gasteiger partial charge in [-0.1, -0.05) is 78.4 Å². The molecule has 1 amide bonds. The van der Waals surface area contributed by atoms with E-state index in [2.05, 4.69) is 0 Å². The summed E-state index contributed by atoms with van der Waals surface area (Å²) in [5.74, 6) is -1.30. The highest BCUT2D eigenvalue weighted by Crippen LogP contribution is 2.16. The highest BCUT2D eigenvalue weighted by atomic mass is 16.5. The van der Waals surface area contributed by atoms with Gasteiger partial charge in [0.2, 0.25) is 0 Å². The van der Waals surface area contributed by atoms with E-state index in [1.165, 1.54) is 11.0 Å². The van der Waals surface area contributed by atoms with Gasteiger partial charge in [-0.05, 0) is 18.6 Å². The van der Waals surface area contributed by atoms with Crippen LogP contribution in [0.3, 0.4) is 0 Å². The first-order valence-electron chi connectivity index (χ1n) is 9.61. The lowest BCUT2D eigenvalue weighted by molar-refractivity contribution is -0.133. The van der Waals surface area contributed by atoms with Crippen molar-refractivity contribution in [1.29, 1.82) is 0 Å². The number of amides is 1. The minimum absolute atomic E-state index is 0.139. The number of aryl methyl sites for hydroxylation is 1. The van der Waals surface area contributed by atoms with Gasteiger partial charge in [-0.3, -0.25) is 9.59 Å². The fourth-order valence-electron chi connectivity index (χ4n) is 2.97. The van der Waals surface area contributed by atoms with Gasteiger partial charge in [0, 0.05) is 24.7 Å². The molecule has 0 saturated carbocycles. The van der Waals surface area contributed by atoms with E-state index in [1.54, 1.807) is 49.5 Å². The minimum atomic E-state index is -0.702. The van der Waals surface area contributed by atoms with Gasteiger partial charge in [-0.25, -0.2) is 4.79 Å². The second-order valence-electron chi connectivity index (χ2n) is 7.05. The lowest BCUT2D eigenvalue weighted by atomic mass is 9.98. The summed E-state index contributed by atoms with van der Waals surface area (Å²) < 4.78 is 5.21. The zero-order valence-electron chi connectivity index (χ0n) is 17.0. The second kappa shape index (κ2) is 9.65. The molecule has 0 aliphatic heterocycles. The lowest BCUT2D eigenvalue weighted by Crippen LogP contribution is -2.31. The van der Waals surface area contributed by atoms with Gasteiger partial charge in [0.15, 0.2) is 12.4 Å². The quantitative estimate of drug-likeness (QED) is 0.443. The fourth-order valence-corrected chi connectivity index (χ4v) is 2.97. The van der Waals surface area contributed by atoms with Crippen molar-refractivity contribution in [2.45, 2.75) is 13.5 Å². The Bertz CT molecular complexity index is 1040. The predicted octanol–water partition coefficient (Wildman–Crippen LogP) is 4.04. The molecule has 0 saturated heterocycles. The van der Waals surface area contributed by atoms with Gasteiger partial charge in [0.25, 0.3) is 5.91 Å². The summed E-state index contributed by atoms with van der Waals surface area (Å²) >= 11 is 0. The summed E-state index contributed by atoms with van der Waals surface area (Å²) in [5, 5.41) is 0. The number of likely N-dealkylation sites (N-methyl/N-ethyl adjacent to an activating group) is 1. The third-order valence-electron chi connectivity index (χ3n) is 4.72. The molecule has 0 fully saturated rings. The van der Waals surface area contributed by atoms with Crippen LogP contribution in [0.15, 0.2) is 78.9 Å². The molecule has 0 aliphatic carbocycles. The predicted molar refractivity (Wildman–Crippen MR) is 114 cm³/mol. The molecule has 3 aromatic carbocycles. The molecule has 5 nitrogen and oxygen atoms in total. The Labute approximate surface area is 175 Å². The standard InChI is InChI=1S/C25H23NO4/c1-18-12-14-19(15-13-18)16-26(2)23(27)17-30-25(29)22-11-7-6-10-21(22)24(28)20-8-4-3-5-9-20/h3-15H,16-17H2,1-2H3. The van der Waals surface area contributed by atoms with E-state index in [-0.39, 0.29) is 22.8 Å². The number of carbonyl (C=O) groups is 3. The monoisotopic (exact) mass is 401 g/mol. The molecule has 0 spiro atoms. The summed E-state index contributed by atoms with van der Waals surface area (Å²) in [6.45, 7) is 2.02. The van der Waals surface area contributed by atoms with Crippen LogP contribution in [-0.4, -0.2) is 36.2 Å². The molecule has 0 aromatic heterocycles. The van der Waals surface area contributed by atoms with E-state index in [0.29, 0.717) is 12.1 Å². The topological polar surface area (TPSA) is 63.7 Å². The molecule has 0 N–H and O–H groups in total. The molecule has 0 unspecified atom stereocenters. The van der Waals surface area contributed by atoms with E-state index < -0.39 is 12.6 Å². The van der Waals surface area contributed by atoms with E-state index in [1.807, 2.05) is 37.3 Å². The molecule has 0 bridgehead atoms. The number of nitrogens with zero attached hydrogens (tertiary/aromatic N) is 1. The van der Waals surface area contributed by atoms with Crippen LogP contribution in [0.4, 0.5) is 0 Å². The third kappa shape index (κ3) is 5.20. The first kappa shape index (κ1) is 21.0. The summed E-state index contributed by atoms with van der Waals surface area (Å²) in [7, 11) is 1.66. The SMILES string of the molecule is Cc1ccc(CN(C)C(=O)COC(=O)c2ccccc2C(=O)c2ccccc2)cc1. The summed E-state index contributed by atoms with van der Waals surface area (Å²) in [6, 6.07) is 23.0. The number of ketones is 1. The molecule has 3 aromatic rings. The van der Waals surface area contributed by atoms with Gasteiger partial charge in [0.1, 0.15) is 0 Å². The zero-order valence-corrected chi connectivity index (χ0v) is 17.0. The Hall–Kier alpha value is -3.73. The molecule has 0 radical (unpaired) electrons. The van der Waals surface area contributed by atoms with Crippen LogP contribution in [0, 0.1) is 6.92 Å². The number of benzene rings is 3. The average molecular weight is 401 g/mol. The molecule has 30 heavy (non-hydrogen) atoms. The Kier molecular flexibility index (Phi) is 6.75. The van der Waals surface area contributed by atoms with Crippen LogP contribution in [0.5, 0.6) is 0 Å². The Morgan fingerprint density at radius 1 is 0.800 bits per heavy atom. The van der Waals surface area contributed by atoms with E-state index in [9.17, 15) is 14.4 Å². The largest absolute Gasteiger partial charge is 0.452 e. The number of rotatable bonds is 7. The summed E-state index contributed by atoms with van der Waals surface area (Å²) in [6.07, 6.45) is 0. The normalized spacial score (nSPS) is 10.3.